The number of hydrogen-bond acceptors (Lipinski definition) is 7. The van der Waals surface area contributed by atoms with E-state index in [1.54, 1.807) is 0 Å². The van der Waals surface area contributed by atoms with E-state index >= 15 is 0 Å². The largest absolute Gasteiger partial charge is 0.334 e. The van der Waals surface area contributed by atoms with E-state index in [-0.39, 0.29) is 23.1 Å². The minimum Gasteiger partial charge on any atom is -0.292 e. The number of rotatable bonds is 3. The Hall–Kier alpha value is -2.55. The van der Waals surface area contributed by atoms with Crippen molar-refractivity contribution >= 4 is 11.6 Å². The van der Waals surface area contributed by atoms with Crippen LogP contribution < -0.4 is 11.3 Å². The molecule has 106 valence electrons. The molecule has 0 saturated heterocycles. The Morgan fingerprint density at radius 3 is 2.30 bits per heavy atom. The van der Waals surface area contributed by atoms with Crippen LogP contribution in [0.3, 0.4) is 0 Å². The molecule has 3 N–H and O–H groups in total. The maximum absolute atomic E-state index is 11.3. The number of anilines is 1. The average molecular weight is 277 g/mol. The van der Waals surface area contributed by atoms with E-state index in [1.165, 1.54) is 11.6 Å². The molecule has 0 bridgehead atoms. The summed E-state index contributed by atoms with van der Waals surface area (Å²) in [6, 6.07) is 0. The molecule has 0 radical (unpaired) electrons. The van der Waals surface area contributed by atoms with Gasteiger partial charge in [-0.3, -0.25) is 15.5 Å². The number of hydrogen-bond donors (Lipinski definition) is 2. The molecule has 0 aliphatic rings. The van der Waals surface area contributed by atoms with Gasteiger partial charge in [-0.25, -0.2) is 15.5 Å². The third kappa shape index (κ3) is 2.07. The second kappa shape index (κ2) is 4.85. The SMILES string of the molecule is Cc1nn(-c2nc(NN)nc(C)c2[N+](=O)[O-])c(C)c1C. The summed E-state index contributed by atoms with van der Waals surface area (Å²) in [4.78, 5) is 18.7. The zero-order chi connectivity index (χ0) is 15.0. The molecule has 0 amide bonds. The van der Waals surface area contributed by atoms with Gasteiger partial charge in [0, 0.05) is 5.69 Å². The lowest BCUT2D eigenvalue weighted by Crippen LogP contribution is -2.15. The highest BCUT2D eigenvalue weighted by Crippen LogP contribution is 2.27. The Morgan fingerprint density at radius 2 is 1.85 bits per heavy atom. The van der Waals surface area contributed by atoms with Gasteiger partial charge in [0.2, 0.25) is 11.8 Å². The highest BCUT2D eigenvalue weighted by Gasteiger charge is 2.25. The molecule has 0 unspecified atom stereocenters. The van der Waals surface area contributed by atoms with Gasteiger partial charge in [-0.1, -0.05) is 0 Å². The molecule has 2 rings (SSSR count). The molecule has 0 spiro atoms. The number of nitrogens with two attached hydrogens (primary N) is 1. The third-order valence-electron chi connectivity index (χ3n) is 3.21. The fourth-order valence-electron chi connectivity index (χ4n) is 1.90. The molecule has 20 heavy (non-hydrogen) atoms. The van der Waals surface area contributed by atoms with Gasteiger partial charge in [0.15, 0.2) is 0 Å². The van der Waals surface area contributed by atoms with Crippen molar-refractivity contribution in [2.24, 2.45) is 5.84 Å². The van der Waals surface area contributed by atoms with E-state index in [0.29, 0.717) is 0 Å². The molecule has 0 aliphatic heterocycles. The summed E-state index contributed by atoms with van der Waals surface area (Å²) >= 11 is 0. The van der Waals surface area contributed by atoms with Crippen molar-refractivity contribution in [1.29, 1.82) is 0 Å². The van der Waals surface area contributed by atoms with Crippen molar-refractivity contribution < 1.29 is 4.92 Å². The molecule has 9 nitrogen and oxygen atoms in total. The van der Waals surface area contributed by atoms with E-state index in [9.17, 15) is 10.1 Å². The summed E-state index contributed by atoms with van der Waals surface area (Å²) < 4.78 is 1.44. The number of nitrogens with one attached hydrogen (secondary N) is 1. The number of hydrazine groups is 1. The predicted molar refractivity (Wildman–Crippen MR) is 72.6 cm³/mol. The molecular weight excluding hydrogens is 262 g/mol. The van der Waals surface area contributed by atoms with Gasteiger partial charge in [0.25, 0.3) is 0 Å². The Balaban J connectivity index is 2.80. The first-order valence-electron chi connectivity index (χ1n) is 5.89. The number of nitrogens with zero attached hydrogens (tertiary/aromatic N) is 5. The lowest BCUT2D eigenvalue weighted by atomic mass is 10.2. The zero-order valence-electron chi connectivity index (χ0n) is 11.6. The van der Waals surface area contributed by atoms with Crippen LogP contribution in [0.15, 0.2) is 0 Å². The fraction of sp³-hybridized carbons (Fsp3) is 0.364. The molecule has 0 fully saturated rings. The van der Waals surface area contributed by atoms with Crippen LogP contribution in [-0.2, 0) is 0 Å². The molecule has 0 aromatic carbocycles. The summed E-state index contributed by atoms with van der Waals surface area (Å²) in [6.07, 6.45) is 0. The third-order valence-corrected chi connectivity index (χ3v) is 3.21. The maximum Gasteiger partial charge on any atom is 0.334 e. The first-order valence-corrected chi connectivity index (χ1v) is 5.89. The average Bonchev–Trinajstić information content (AvgIpc) is 2.65. The van der Waals surface area contributed by atoms with Crippen LogP contribution in [0, 0.1) is 37.8 Å². The number of aromatic nitrogens is 4. The molecule has 2 heterocycles. The first-order chi connectivity index (χ1) is 9.36. The van der Waals surface area contributed by atoms with E-state index in [1.807, 2.05) is 20.8 Å². The first kappa shape index (κ1) is 13.9. The Bertz CT molecular complexity index is 693. The molecule has 0 saturated carbocycles. The maximum atomic E-state index is 11.3. The molecular formula is C11H15N7O2. The van der Waals surface area contributed by atoms with Crippen molar-refractivity contribution in [3.8, 4) is 5.82 Å². The number of nitro groups is 1. The van der Waals surface area contributed by atoms with Gasteiger partial charge in [0.05, 0.1) is 10.6 Å². The monoisotopic (exact) mass is 277 g/mol. The summed E-state index contributed by atoms with van der Waals surface area (Å²) in [6.45, 7) is 7.09. The van der Waals surface area contributed by atoms with Gasteiger partial charge in [0.1, 0.15) is 5.69 Å². The van der Waals surface area contributed by atoms with Gasteiger partial charge in [-0.05, 0) is 33.3 Å². The van der Waals surface area contributed by atoms with E-state index in [0.717, 1.165) is 17.0 Å². The topological polar surface area (TPSA) is 125 Å². The van der Waals surface area contributed by atoms with E-state index in [4.69, 9.17) is 5.84 Å². The lowest BCUT2D eigenvalue weighted by molar-refractivity contribution is -0.385. The van der Waals surface area contributed by atoms with Crippen molar-refractivity contribution in [3.05, 3.63) is 32.8 Å². The number of nitrogen functional groups attached to an aromatic ring is 1. The highest BCUT2D eigenvalue weighted by molar-refractivity contribution is 5.54. The standard InChI is InChI=1S/C11H15N7O2/c1-5-6(2)16-17(8(5)4)10-9(18(19)20)7(3)13-11(14-10)15-12/h12H2,1-4H3,(H,13,14,15). The Labute approximate surface area is 115 Å². The quantitative estimate of drug-likeness (QED) is 0.488. The second-order valence-corrected chi connectivity index (χ2v) is 4.41. The van der Waals surface area contributed by atoms with Crippen LogP contribution in [0.2, 0.25) is 0 Å². The smallest absolute Gasteiger partial charge is 0.292 e. The second-order valence-electron chi connectivity index (χ2n) is 4.41. The lowest BCUT2D eigenvalue weighted by Gasteiger charge is -2.08. The van der Waals surface area contributed by atoms with Crippen LogP contribution in [-0.4, -0.2) is 24.7 Å². The fourth-order valence-corrected chi connectivity index (χ4v) is 1.90. The molecule has 0 atom stereocenters. The van der Waals surface area contributed by atoms with Crippen molar-refractivity contribution in [2.45, 2.75) is 27.7 Å². The minimum atomic E-state index is -0.517. The van der Waals surface area contributed by atoms with E-state index < -0.39 is 4.92 Å². The molecule has 2 aromatic rings. The normalized spacial score (nSPS) is 10.7. The summed E-state index contributed by atoms with van der Waals surface area (Å²) in [7, 11) is 0. The zero-order valence-corrected chi connectivity index (χ0v) is 11.6. The van der Waals surface area contributed by atoms with Crippen LogP contribution in [0.5, 0.6) is 0 Å². The summed E-state index contributed by atoms with van der Waals surface area (Å²) in [5.74, 6) is 5.50. The number of aryl methyl sites for hydroxylation is 2. The summed E-state index contributed by atoms with van der Waals surface area (Å²) in [5.41, 5.74) is 4.86. The van der Waals surface area contributed by atoms with Crippen molar-refractivity contribution in [3.63, 3.8) is 0 Å². The van der Waals surface area contributed by atoms with Crippen LogP contribution in [0.25, 0.3) is 5.82 Å². The van der Waals surface area contributed by atoms with Gasteiger partial charge in [-0.2, -0.15) is 10.1 Å². The summed E-state index contributed by atoms with van der Waals surface area (Å²) in [5, 5.41) is 15.5. The van der Waals surface area contributed by atoms with Crippen molar-refractivity contribution in [1.82, 2.24) is 19.7 Å². The van der Waals surface area contributed by atoms with Crippen LogP contribution >= 0.6 is 0 Å². The molecule has 0 aliphatic carbocycles. The van der Waals surface area contributed by atoms with Gasteiger partial charge in [-0.15, -0.1) is 0 Å². The van der Waals surface area contributed by atoms with Crippen molar-refractivity contribution in [2.75, 3.05) is 5.43 Å². The molecule has 2 aromatic heterocycles. The van der Waals surface area contributed by atoms with Gasteiger partial charge < -0.3 is 0 Å². The molecule has 9 heteroatoms. The van der Waals surface area contributed by atoms with Crippen LogP contribution in [0.1, 0.15) is 22.6 Å². The van der Waals surface area contributed by atoms with E-state index in [2.05, 4.69) is 20.5 Å². The van der Waals surface area contributed by atoms with Crippen LogP contribution in [0.4, 0.5) is 11.6 Å². The highest BCUT2D eigenvalue weighted by atomic mass is 16.6. The van der Waals surface area contributed by atoms with Gasteiger partial charge >= 0.3 is 5.69 Å². The Kier molecular flexibility index (Phi) is 3.36. The predicted octanol–water partition coefficient (Wildman–Crippen LogP) is 1.09. The Morgan fingerprint density at radius 1 is 1.20 bits per heavy atom. The minimum absolute atomic E-state index is 0.101.